The molecule has 1 aromatic carbocycles. The van der Waals surface area contributed by atoms with Gasteiger partial charge in [-0.3, -0.25) is 9.69 Å². The van der Waals surface area contributed by atoms with Crippen LogP contribution in [0, 0.1) is 0 Å². The number of benzene rings is 1. The molecule has 0 bridgehead atoms. The van der Waals surface area contributed by atoms with E-state index in [1.165, 1.54) is 0 Å². The molecule has 0 aliphatic carbocycles. The van der Waals surface area contributed by atoms with Gasteiger partial charge in [0.15, 0.2) is 5.88 Å². The van der Waals surface area contributed by atoms with E-state index in [-0.39, 0.29) is 11.5 Å². The first-order chi connectivity index (χ1) is 12.4. The topological polar surface area (TPSA) is 45.7 Å². The number of rotatable bonds is 8. The molecule has 0 unspecified atom stereocenters. The van der Waals surface area contributed by atoms with Gasteiger partial charge in [0.2, 0.25) is 0 Å². The Bertz CT molecular complexity index is 746. The van der Waals surface area contributed by atoms with Crippen LogP contribution in [0.3, 0.4) is 0 Å². The lowest BCUT2D eigenvalue weighted by Crippen LogP contribution is -2.33. The van der Waals surface area contributed by atoms with Crippen molar-refractivity contribution in [1.82, 2.24) is 9.88 Å². The summed E-state index contributed by atoms with van der Waals surface area (Å²) in [6, 6.07) is 10.4. The molecule has 1 heterocycles. The van der Waals surface area contributed by atoms with E-state index in [4.69, 9.17) is 27.9 Å². The smallest absolute Gasteiger partial charge is 0.262 e. The van der Waals surface area contributed by atoms with Crippen molar-refractivity contribution in [3.63, 3.8) is 0 Å². The number of pyridine rings is 1. The van der Waals surface area contributed by atoms with Gasteiger partial charge in [0.1, 0.15) is 5.82 Å². The van der Waals surface area contributed by atoms with Gasteiger partial charge in [0, 0.05) is 26.8 Å². The number of aromatic nitrogens is 1. The summed E-state index contributed by atoms with van der Waals surface area (Å²) in [5.74, 6) is 0.792. The second-order valence-electron chi connectivity index (χ2n) is 5.73. The minimum atomic E-state index is -0.300. The van der Waals surface area contributed by atoms with Crippen molar-refractivity contribution in [2.45, 2.75) is 6.42 Å². The van der Waals surface area contributed by atoms with Crippen LogP contribution in [0.4, 0.5) is 5.82 Å². The summed E-state index contributed by atoms with van der Waals surface area (Å²) in [5.41, 5.74) is 0.264. The average Bonchev–Trinajstić information content (AvgIpc) is 2.61. The molecule has 0 spiro atoms. The molecule has 7 heteroatoms. The Labute approximate surface area is 163 Å². The van der Waals surface area contributed by atoms with Crippen LogP contribution < -0.4 is 4.90 Å². The summed E-state index contributed by atoms with van der Waals surface area (Å²) in [6.07, 6.45) is 2.23. The van der Waals surface area contributed by atoms with Crippen molar-refractivity contribution in [1.29, 1.82) is 0 Å². The van der Waals surface area contributed by atoms with Gasteiger partial charge in [-0.15, -0.1) is 0 Å². The van der Waals surface area contributed by atoms with Gasteiger partial charge in [0.25, 0.3) is 5.91 Å². The highest BCUT2D eigenvalue weighted by molar-refractivity contribution is 6.40. The number of carbonyl (C=O) groups is 1. The fraction of sp³-hybridized carbons (Fsp3) is 0.263. The molecule has 2 rings (SSSR count). The molecule has 1 amide bonds. The molecule has 0 N–H and O–H groups in total. The van der Waals surface area contributed by atoms with Gasteiger partial charge in [-0.2, -0.15) is 0 Å². The maximum Gasteiger partial charge on any atom is 0.262 e. The Morgan fingerprint density at radius 2 is 1.85 bits per heavy atom. The van der Waals surface area contributed by atoms with E-state index in [2.05, 4.69) is 11.6 Å². The summed E-state index contributed by atoms with van der Waals surface area (Å²) in [6.45, 7) is 4.63. The monoisotopic (exact) mass is 393 g/mol. The van der Waals surface area contributed by atoms with E-state index in [0.29, 0.717) is 41.3 Å². The highest BCUT2D eigenvalue weighted by Gasteiger charge is 2.23. The molecular weight excluding hydrogens is 373 g/mol. The van der Waals surface area contributed by atoms with Gasteiger partial charge < -0.3 is 9.64 Å². The van der Waals surface area contributed by atoms with E-state index in [1.54, 1.807) is 46.3 Å². The number of amides is 1. The van der Waals surface area contributed by atoms with Gasteiger partial charge in [-0.1, -0.05) is 35.3 Å². The fourth-order valence-electron chi connectivity index (χ4n) is 2.21. The predicted molar refractivity (Wildman–Crippen MR) is 106 cm³/mol. The molecule has 5 nitrogen and oxygen atoms in total. The lowest BCUT2D eigenvalue weighted by atomic mass is 10.2. The Balaban J connectivity index is 2.17. The van der Waals surface area contributed by atoms with E-state index >= 15 is 0 Å². The number of hydrogen-bond donors (Lipinski definition) is 0. The maximum atomic E-state index is 13.1. The molecule has 0 aliphatic rings. The van der Waals surface area contributed by atoms with Crippen LogP contribution in [0.25, 0.3) is 0 Å². The molecule has 0 saturated carbocycles. The van der Waals surface area contributed by atoms with Gasteiger partial charge in [0.05, 0.1) is 22.2 Å². The Kier molecular flexibility index (Phi) is 7.30. The maximum absolute atomic E-state index is 13.1. The summed E-state index contributed by atoms with van der Waals surface area (Å²) < 4.78 is 5.54. The molecule has 0 radical (unpaired) electrons. The fourth-order valence-corrected chi connectivity index (χ4v) is 2.77. The summed E-state index contributed by atoms with van der Waals surface area (Å²) >= 11 is 12.4. The molecule has 0 saturated heterocycles. The number of anilines is 1. The first-order valence-electron chi connectivity index (χ1n) is 8.07. The van der Waals surface area contributed by atoms with Gasteiger partial charge >= 0.3 is 0 Å². The second kappa shape index (κ2) is 9.46. The molecule has 138 valence electrons. The molecule has 0 fully saturated rings. The van der Waals surface area contributed by atoms with E-state index in [1.807, 2.05) is 20.2 Å². The summed E-state index contributed by atoms with van der Waals surface area (Å²) in [4.78, 5) is 20.7. The van der Waals surface area contributed by atoms with Crippen LogP contribution in [-0.4, -0.2) is 43.0 Å². The van der Waals surface area contributed by atoms with Crippen molar-refractivity contribution in [2.24, 2.45) is 0 Å². The quantitative estimate of drug-likeness (QED) is 0.490. The highest BCUT2D eigenvalue weighted by atomic mass is 35.5. The van der Waals surface area contributed by atoms with Crippen molar-refractivity contribution >= 4 is 34.9 Å². The highest BCUT2D eigenvalue weighted by Crippen LogP contribution is 2.27. The standard InChI is InChI=1S/C19H21Cl2N3O2/c1-14(23(2)3)26-13-7-12-24(17-10-4-5-11-22-17)19(25)18-15(20)8-6-9-16(18)21/h4-6,8-11H,1,7,12-13H2,2-3H3. The molecule has 1 aromatic heterocycles. The molecule has 2 aromatic rings. The first kappa shape index (κ1) is 20.1. The van der Waals surface area contributed by atoms with E-state index in [0.717, 1.165) is 0 Å². The Morgan fingerprint density at radius 1 is 1.15 bits per heavy atom. The molecule has 26 heavy (non-hydrogen) atoms. The second-order valence-corrected chi connectivity index (χ2v) is 6.55. The number of ether oxygens (including phenoxy) is 1. The summed E-state index contributed by atoms with van der Waals surface area (Å²) in [7, 11) is 3.71. The molecule has 0 aliphatic heterocycles. The minimum Gasteiger partial charge on any atom is -0.479 e. The van der Waals surface area contributed by atoms with Gasteiger partial charge in [-0.05, 0) is 37.3 Å². The minimum absolute atomic E-state index is 0.264. The van der Waals surface area contributed by atoms with Crippen LogP contribution in [0.5, 0.6) is 0 Å². The van der Waals surface area contributed by atoms with Crippen LogP contribution in [0.2, 0.25) is 10.0 Å². The third-order valence-corrected chi connectivity index (χ3v) is 4.27. The van der Waals surface area contributed by atoms with Crippen molar-refractivity contribution in [2.75, 3.05) is 32.1 Å². The predicted octanol–water partition coefficient (Wildman–Crippen LogP) is 4.47. The van der Waals surface area contributed by atoms with E-state index < -0.39 is 0 Å². The van der Waals surface area contributed by atoms with Crippen molar-refractivity contribution < 1.29 is 9.53 Å². The van der Waals surface area contributed by atoms with Crippen LogP contribution >= 0.6 is 23.2 Å². The zero-order valence-electron chi connectivity index (χ0n) is 14.8. The Morgan fingerprint density at radius 3 is 2.42 bits per heavy atom. The van der Waals surface area contributed by atoms with Crippen molar-refractivity contribution in [3.8, 4) is 0 Å². The third kappa shape index (κ3) is 5.13. The number of halogens is 2. The average molecular weight is 394 g/mol. The Hall–Kier alpha value is -2.24. The molecule has 0 atom stereocenters. The van der Waals surface area contributed by atoms with Gasteiger partial charge in [-0.25, -0.2) is 4.98 Å². The molecular formula is C19H21Cl2N3O2. The summed E-state index contributed by atoms with van der Waals surface area (Å²) in [5, 5.41) is 0.612. The lowest BCUT2D eigenvalue weighted by Gasteiger charge is -2.23. The lowest BCUT2D eigenvalue weighted by molar-refractivity contribution is 0.0980. The number of hydrogen-bond acceptors (Lipinski definition) is 4. The third-order valence-electron chi connectivity index (χ3n) is 3.64. The zero-order chi connectivity index (χ0) is 19.1. The number of nitrogens with zero attached hydrogens (tertiary/aromatic N) is 3. The SMILES string of the molecule is C=C(OCCCN(C(=O)c1c(Cl)cccc1Cl)c1ccccn1)N(C)C. The van der Waals surface area contributed by atoms with Crippen LogP contribution in [0.1, 0.15) is 16.8 Å². The first-order valence-corrected chi connectivity index (χ1v) is 8.83. The van der Waals surface area contributed by atoms with E-state index in [9.17, 15) is 4.79 Å². The zero-order valence-corrected chi connectivity index (χ0v) is 16.3. The largest absolute Gasteiger partial charge is 0.479 e. The normalized spacial score (nSPS) is 10.3. The van der Waals surface area contributed by atoms with Crippen molar-refractivity contribution in [3.05, 3.63) is 70.7 Å². The van der Waals surface area contributed by atoms with Crippen LogP contribution in [0.15, 0.2) is 55.1 Å². The van der Waals surface area contributed by atoms with Crippen LogP contribution in [-0.2, 0) is 4.74 Å². The number of carbonyl (C=O) groups excluding carboxylic acids is 1.